The molecule has 0 heterocycles. The quantitative estimate of drug-likeness (QED) is 0.421. The molecule has 1 nitrogen and oxygen atoms in total. The maximum Gasteiger partial charge on any atom is -0.00200 e. The number of hydrogen-bond acceptors (Lipinski definition) is 1. The van der Waals surface area contributed by atoms with E-state index in [0.717, 1.165) is 0 Å². The Bertz CT molecular complexity index is 196. The van der Waals surface area contributed by atoms with Crippen molar-refractivity contribution in [3.8, 4) is 12.5 Å². The monoisotopic (exact) mass is 133 g/mol. The first-order valence-corrected chi connectivity index (χ1v) is 2.99. The summed E-state index contributed by atoms with van der Waals surface area (Å²) < 4.78 is 0. The molecule has 0 saturated heterocycles. The molecule has 2 N–H and O–H groups in total. The van der Waals surface area contributed by atoms with Crippen LogP contribution in [0.1, 0.15) is 5.56 Å². The van der Waals surface area contributed by atoms with Gasteiger partial charge in [0.2, 0.25) is 0 Å². The van der Waals surface area contributed by atoms with Crippen molar-refractivity contribution in [3.63, 3.8) is 0 Å². The van der Waals surface area contributed by atoms with Crippen LogP contribution in [0.3, 0.4) is 0 Å². The standard InChI is InChI=1S/C7H8.C2H3N/c1-7-5-3-2-4-6-7;1-2-3/h2-6H,1H3;1H,3H2. The smallest absolute Gasteiger partial charge is 0.00200 e. The van der Waals surface area contributed by atoms with E-state index >= 15 is 0 Å². The summed E-state index contributed by atoms with van der Waals surface area (Å²) in [4.78, 5) is 0. The number of rotatable bonds is 0. The highest BCUT2D eigenvalue weighted by Gasteiger charge is 1.72. The Hall–Kier alpha value is -1.42. The lowest BCUT2D eigenvalue weighted by Crippen LogP contribution is -1.69. The fourth-order valence-corrected chi connectivity index (χ4v) is 0.534. The zero-order valence-corrected chi connectivity index (χ0v) is 6.04. The Morgan fingerprint density at radius 1 is 1.30 bits per heavy atom. The molecule has 0 spiro atoms. The van der Waals surface area contributed by atoms with Crippen LogP contribution in [-0.4, -0.2) is 0 Å². The molecule has 52 valence electrons. The van der Waals surface area contributed by atoms with Crippen LogP contribution in [0, 0.1) is 19.4 Å². The first-order chi connectivity index (χ1) is 4.81. The van der Waals surface area contributed by atoms with Crippen LogP contribution in [-0.2, 0) is 0 Å². The maximum atomic E-state index is 4.38. The molecule has 0 fully saturated rings. The summed E-state index contributed by atoms with van der Waals surface area (Å²) in [6.45, 7) is 2.08. The van der Waals surface area contributed by atoms with E-state index in [0.29, 0.717) is 0 Å². The van der Waals surface area contributed by atoms with Gasteiger partial charge in [0.15, 0.2) is 0 Å². The number of hydrogen-bond donors (Lipinski definition) is 1. The lowest BCUT2D eigenvalue weighted by molar-refractivity contribution is 1.48. The van der Waals surface area contributed by atoms with Crippen molar-refractivity contribution >= 4 is 0 Å². The summed E-state index contributed by atoms with van der Waals surface area (Å²) in [5, 5.41) is 0. The molecule has 0 unspecified atom stereocenters. The second-order valence-corrected chi connectivity index (χ2v) is 1.82. The van der Waals surface area contributed by atoms with Crippen molar-refractivity contribution in [2.75, 3.05) is 0 Å². The van der Waals surface area contributed by atoms with E-state index in [1.165, 1.54) is 5.56 Å². The zero-order chi connectivity index (χ0) is 7.82. The molecular weight excluding hydrogens is 122 g/mol. The fourth-order valence-electron chi connectivity index (χ4n) is 0.534. The molecule has 0 amide bonds. The van der Waals surface area contributed by atoms with Gasteiger partial charge >= 0.3 is 0 Å². The molecule has 10 heavy (non-hydrogen) atoms. The van der Waals surface area contributed by atoms with Crippen molar-refractivity contribution in [1.29, 1.82) is 0 Å². The average Bonchev–Trinajstić information content (AvgIpc) is 1.91. The molecular formula is C9H11N. The van der Waals surface area contributed by atoms with Crippen LogP contribution in [0.4, 0.5) is 0 Å². The van der Waals surface area contributed by atoms with E-state index in [1.807, 2.05) is 18.2 Å². The number of terminal acetylenes is 1. The molecule has 1 aromatic rings. The molecule has 0 bridgehead atoms. The van der Waals surface area contributed by atoms with Crippen molar-refractivity contribution in [1.82, 2.24) is 0 Å². The van der Waals surface area contributed by atoms with E-state index in [9.17, 15) is 0 Å². The van der Waals surface area contributed by atoms with Gasteiger partial charge < -0.3 is 5.73 Å². The van der Waals surface area contributed by atoms with Gasteiger partial charge in [-0.25, -0.2) is 0 Å². The van der Waals surface area contributed by atoms with Crippen LogP contribution in [0.2, 0.25) is 0 Å². The van der Waals surface area contributed by atoms with Crippen LogP contribution in [0.15, 0.2) is 30.3 Å². The molecule has 0 aliphatic carbocycles. The van der Waals surface area contributed by atoms with Gasteiger partial charge in [-0.1, -0.05) is 42.3 Å². The minimum absolute atomic E-state index is 1.32. The predicted octanol–water partition coefficient (Wildman–Crippen LogP) is 1.53. The maximum absolute atomic E-state index is 4.38. The Balaban J connectivity index is 0.000000236. The third-order valence-electron chi connectivity index (χ3n) is 0.940. The van der Waals surface area contributed by atoms with Crippen LogP contribution in [0.25, 0.3) is 0 Å². The highest BCUT2D eigenvalue weighted by atomic mass is 14.4. The van der Waals surface area contributed by atoms with Gasteiger partial charge in [0.05, 0.1) is 0 Å². The minimum Gasteiger partial charge on any atom is -0.360 e. The summed E-state index contributed by atoms with van der Waals surface area (Å²) in [5.74, 6) is 0. The highest BCUT2D eigenvalue weighted by molar-refractivity contribution is 5.11. The summed E-state index contributed by atoms with van der Waals surface area (Å²) in [5.41, 5.74) is 5.70. The van der Waals surface area contributed by atoms with Crippen LogP contribution >= 0.6 is 0 Å². The molecule has 0 radical (unpaired) electrons. The first-order valence-electron chi connectivity index (χ1n) is 2.99. The van der Waals surface area contributed by atoms with E-state index in [-0.39, 0.29) is 0 Å². The Kier molecular flexibility index (Phi) is 4.90. The average molecular weight is 133 g/mol. The van der Waals surface area contributed by atoms with Gasteiger partial charge in [0.25, 0.3) is 0 Å². The largest absolute Gasteiger partial charge is 0.360 e. The highest BCUT2D eigenvalue weighted by Crippen LogP contribution is 1.92. The summed E-state index contributed by atoms with van der Waals surface area (Å²) in [6.07, 6.45) is 4.38. The summed E-state index contributed by atoms with van der Waals surface area (Å²) in [7, 11) is 0. The number of nitrogens with two attached hydrogens (primary N) is 1. The molecule has 1 heteroatoms. The predicted molar refractivity (Wildman–Crippen MR) is 44.2 cm³/mol. The van der Waals surface area contributed by atoms with Crippen molar-refractivity contribution in [3.05, 3.63) is 35.9 Å². The van der Waals surface area contributed by atoms with Gasteiger partial charge in [0.1, 0.15) is 0 Å². The van der Waals surface area contributed by atoms with Crippen molar-refractivity contribution in [2.45, 2.75) is 6.92 Å². The van der Waals surface area contributed by atoms with Gasteiger partial charge in [-0.2, -0.15) is 0 Å². The second-order valence-electron chi connectivity index (χ2n) is 1.82. The Labute approximate surface area is 61.9 Å². The van der Waals surface area contributed by atoms with Crippen LogP contribution < -0.4 is 5.73 Å². The lowest BCUT2D eigenvalue weighted by atomic mass is 10.2. The number of aryl methyl sites for hydroxylation is 1. The van der Waals surface area contributed by atoms with Gasteiger partial charge in [0, 0.05) is 0 Å². The summed E-state index contributed by atoms with van der Waals surface area (Å²) >= 11 is 0. The molecule has 0 aliphatic heterocycles. The topological polar surface area (TPSA) is 26.0 Å². The molecule has 0 aromatic heterocycles. The Morgan fingerprint density at radius 2 is 1.70 bits per heavy atom. The molecule has 1 rings (SSSR count). The molecule has 1 aromatic carbocycles. The van der Waals surface area contributed by atoms with E-state index in [1.54, 1.807) is 6.04 Å². The molecule has 0 atom stereocenters. The van der Waals surface area contributed by atoms with E-state index < -0.39 is 0 Å². The first kappa shape index (κ1) is 8.58. The summed E-state index contributed by atoms with van der Waals surface area (Å²) in [6, 6.07) is 12.0. The SMILES string of the molecule is C#CN.Cc1ccccc1. The van der Waals surface area contributed by atoms with E-state index in [4.69, 9.17) is 0 Å². The lowest BCUT2D eigenvalue weighted by Gasteiger charge is -1.82. The third kappa shape index (κ3) is 4.73. The van der Waals surface area contributed by atoms with Crippen molar-refractivity contribution < 1.29 is 0 Å². The second kappa shape index (κ2) is 5.71. The van der Waals surface area contributed by atoms with Gasteiger partial charge in [-0.15, -0.1) is 0 Å². The van der Waals surface area contributed by atoms with E-state index in [2.05, 4.69) is 31.2 Å². The fraction of sp³-hybridized carbons (Fsp3) is 0.111. The van der Waals surface area contributed by atoms with Gasteiger partial charge in [-0.05, 0) is 13.0 Å². The number of benzene rings is 1. The normalized spacial score (nSPS) is 6.80. The minimum atomic E-state index is 1.32. The molecule has 0 saturated carbocycles. The van der Waals surface area contributed by atoms with Gasteiger partial charge in [-0.3, -0.25) is 0 Å². The Morgan fingerprint density at radius 3 is 1.90 bits per heavy atom. The zero-order valence-electron chi connectivity index (χ0n) is 6.04. The molecule has 0 aliphatic rings. The van der Waals surface area contributed by atoms with Crippen molar-refractivity contribution in [2.24, 2.45) is 5.73 Å². The third-order valence-corrected chi connectivity index (χ3v) is 0.940. The van der Waals surface area contributed by atoms with Crippen LogP contribution in [0.5, 0.6) is 0 Å².